The number of alkyl halides is 3. The van der Waals surface area contributed by atoms with E-state index < -0.39 is 24.0 Å². The Labute approximate surface area is 189 Å². The van der Waals surface area contributed by atoms with Gasteiger partial charge in [-0.15, -0.1) is 0 Å². The number of hydrogen-bond donors (Lipinski definition) is 1. The Morgan fingerprint density at radius 3 is 2.55 bits per heavy atom. The molecule has 1 aliphatic rings. The number of imidazole rings is 1. The van der Waals surface area contributed by atoms with E-state index in [4.69, 9.17) is 16.7 Å². The molecule has 0 bridgehead atoms. The van der Waals surface area contributed by atoms with Crippen LogP contribution in [0.25, 0.3) is 22.4 Å². The number of rotatable bonds is 4. The van der Waals surface area contributed by atoms with Crippen molar-refractivity contribution in [2.75, 3.05) is 13.1 Å². The fourth-order valence-corrected chi connectivity index (χ4v) is 3.83. The molecule has 1 aromatic carbocycles. The van der Waals surface area contributed by atoms with Crippen molar-refractivity contribution in [1.82, 2.24) is 34.2 Å². The summed E-state index contributed by atoms with van der Waals surface area (Å²) in [7, 11) is 0. The highest BCUT2D eigenvalue weighted by Crippen LogP contribution is 2.34. The van der Waals surface area contributed by atoms with E-state index in [1.165, 1.54) is 4.57 Å². The fourth-order valence-electron chi connectivity index (χ4n) is 3.70. The van der Waals surface area contributed by atoms with E-state index in [0.717, 1.165) is 22.0 Å². The van der Waals surface area contributed by atoms with Gasteiger partial charge in [-0.1, -0.05) is 24.3 Å². The van der Waals surface area contributed by atoms with Gasteiger partial charge >= 0.3 is 12.3 Å². The van der Waals surface area contributed by atoms with Gasteiger partial charge in [-0.05, 0) is 17.2 Å². The molecular formula is C20H15ClF3N7O2. The predicted octanol–water partition coefficient (Wildman–Crippen LogP) is 3.95. The van der Waals surface area contributed by atoms with Gasteiger partial charge in [-0.3, -0.25) is 0 Å². The van der Waals surface area contributed by atoms with Crippen LogP contribution in [0.1, 0.15) is 17.3 Å². The average Bonchev–Trinajstić information content (AvgIpc) is 3.32. The van der Waals surface area contributed by atoms with Gasteiger partial charge in [0.1, 0.15) is 5.82 Å². The maximum atomic E-state index is 13.3. The second-order valence-electron chi connectivity index (χ2n) is 7.61. The highest BCUT2D eigenvalue weighted by atomic mass is 35.5. The summed E-state index contributed by atoms with van der Waals surface area (Å²) in [6.45, 7) is 0.575. The summed E-state index contributed by atoms with van der Waals surface area (Å²) in [4.78, 5) is 24.1. The third-order valence-electron chi connectivity index (χ3n) is 5.44. The monoisotopic (exact) mass is 477 g/mol. The number of amides is 1. The van der Waals surface area contributed by atoms with Crippen LogP contribution in [0.4, 0.5) is 18.0 Å². The van der Waals surface area contributed by atoms with Crippen LogP contribution >= 0.6 is 11.6 Å². The van der Waals surface area contributed by atoms with Crippen molar-refractivity contribution in [1.29, 1.82) is 0 Å². The lowest BCUT2D eigenvalue weighted by Crippen LogP contribution is -2.50. The van der Waals surface area contributed by atoms with Gasteiger partial charge in [0.15, 0.2) is 11.3 Å². The van der Waals surface area contributed by atoms with Crippen LogP contribution in [0.3, 0.4) is 0 Å². The van der Waals surface area contributed by atoms with E-state index in [-0.39, 0.29) is 24.2 Å². The number of halogens is 4. The number of likely N-dealkylation sites (tertiary alicyclic amines) is 1. The van der Waals surface area contributed by atoms with E-state index in [2.05, 4.69) is 20.1 Å². The first-order valence-corrected chi connectivity index (χ1v) is 10.1. The van der Waals surface area contributed by atoms with Crippen molar-refractivity contribution in [2.24, 2.45) is 0 Å². The van der Waals surface area contributed by atoms with Gasteiger partial charge in [-0.25, -0.2) is 19.4 Å². The highest BCUT2D eigenvalue weighted by molar-refractivity contribution is 6.28. The molecule has 13 heteroatoms. The van der Waals surface area contributed by atoms with Crippen molar-refractivity contribution in [3.63, 3.8) is 0 Å². The van der Waals surface area contributed by atoms with Crippen LogP contribution in [0.15, 0.2) is 42.9 Å². The Hall–Kier alpha value is -3.67. The zero-order valence-corrected chi connectivity index (χ0v) is 17.5. The summed E-state index contributed by atoms with van der Waals surface area (Å²) in [6.07, 6.45) is -1.59. The Kier molecular flexibility index (Phi) is 4.96. The van der Waals surface area contributed by atoms with Crippen LogP contribution in [-0.2, 0) is 12.7 Å². The molecule has 4 heterocycles. The number of carbonyl (C=O) groups is 1. The molecule has 0 saturated carbocycles. The first-order chi connectivity index (χ1) is 15.7. The molecule has 0 atom stereocenters. The molecule has 0 radical (unpaired) electrons. The second-order valence-corrected chi connectivity index (χ2v) is 7.95. The summed E-state index contributed by atoms with van der Waals surface area (Å²) in [5, 5.41) is 14.1. The topological polar surface area (TPSA) is 102 Å². The Balaban J connectivity index is 1.43. The Morgan fingerprint density at radius 2 is 1.88 bits per heavy atom. The Morgan fingerprint density at radius 1 is 1.15 bits per heavy atom. The maximum Gasteiger partial charge on any atom is 0.434 e. The summed E-state index contributed by atoms with van der Waals surface area (Å²) >= 11 is 5.87. The fraction of sp³-hybridized carbons (Fsp3) is 0.250. The third-order valence-corrected chi connectivity index (χ3v) is 5.62. The molecule has 170 valence electrons. The van der Waals surface area contributed by atoms with Crippen LogP contribution in [-0.4, -0.2) is 58.5 Å². The molecule has 3 aromatic heterocycles. The smallest absolute Gasteiger partial charge is 0.434 e. The molecule has 1 amide bonds. The van der Waals surface area contributed by atoms with E-state index in [0.29, 0.717) is 17.8 Å². The molecule has 5 rings (SSSR count). The Bertz CT molecular complexity index is 1340. The van der Waals surface area contributed by atoms with Crippen molar-refractivity contribution < 1.29 is 23.1 Å². The molecule has 4 aromatic rings. The highest BCUT2D eigenvalue weighted by Gasteiger charge is 2.39. The molecule has 1 fully saturated rings. The zero-order chi connectivity index (χ0) is 23.3. The van der Waals surface area contributed by atoms with Crippen molar-refractivity contribution in [3.05, 3.63) is 59.4 Å². The predicted molar refractivity (Wildman–Crippen MR) is 111 cm³/mol. The molecule has 1 aliphatic heterocycles. The minimum Gasteiger partial charge on any atom is -0.465 e. The first-order valence-electron chi connectivity index (χ1n) is 9.76. The number of aromatic nitrogens is 6. The lowest BCUT2D eigenvalue weighted by molar-refractivity contribution is -0.141. The van der Waals surface area contributed by atoms with Crippen LogP contribution in [0, 0.1) is 0 Å². The summed E-state index contributed by atoms with van der Waals surface area (Å²) in [5.41, 5.74) is 0.874. The van der Waals surface area contributed by atoms with Gasteiger partial charge in [0.25, 0.3) is 0 Å². The molecule has 33 heavy (non-hydrogen) atoms. The molecule has 0 spiro atoms. The van der Waals surface area contributed by atoms with Gasteiger partial charge in [0.05, 0.1) is 24.2 Å². The van der Waals surface area contributed by atoms with Crippen LogP contribution in [0.2, 0.25) is 5.28 Å². The number of benzene rings is 1. The molecule has 9 nitrogen and oxygen atoms in total. The van der Waals surface area contributed by atoms with Gasteiger partial charge < -0.3 is 14.6 Å². The van der Waals surface area contributed by atoms with Crippen LogP contribution < -0.4 is 0 Å². The standard InChI is InChI=1S/C20H15ClF3N7O2/c21-18-25-5-13-6-26-31(17(13)28-18)7-11-1-3-12(4-2-11)16-27-15(20(22,23)24)10-30(16)14-8-29(9-14)19(32)33/h1-6,10,14H,7-9H2,(H,32,33). The second kappa shape index (κ2) is 7.73. The SMILES string of the molecule is O=C(O)N1CC(n2cc(C(F)(F)F)nc2-c2ccc(Cn3ncc4cnc(Cl)nc43)cc2)C1. The normalized spacial score (nSPS) is 14.6. The van der Waals surface area contributed by atoms with Gasteiger partial charge in [-0.2, -0.15) is 23.3 Å². The lowest BCUT2D eigenvalue weighted by atomic mass is 10.1. The minimum atomic E-state index is -4.61. The number of carboxylic acid groups (broad SMARTS) is 1. The molecule has 1 saturated heterocycles. The quantitative estimate of drug-likeness (QED) is 0.447. The average molecular weight is 478 g/mol. The summed E-state index contributed by atoms with van der Waals surface area (Å²) in [5.74, 6) is 0.132. The molecule has 0 aliphatic carbocycles. The lowest BCUT2D eigenvalue weighted by Gasteiger charge is -2.38. The third kappa shape index (κ3) is 3.97. The van der Waals surface area contributed by atoms with E-state index >= 15 is 0 Å². The van der Waals surface area contributed by atoms with Crippen molar-refractivity contribution >= 4 is 28.7 Å². The van der Waals surface area contributed by atoms with Crippen LogP contribution in [0.5, 0.6) is 0 Å². The maximum absolute atomic E-state index is 13.3. The largest absolute Gasteiger partial charge is 0.465 e. The molecule has 1 N–H and O–H groups in total. The zero-order valence-electron chi connectivity index (χ0n) is 16.7. The first kappa shape index (κ1) is 21.2. The van der Waals surface area contributed by atoms with E-state index in [9.17, 15) is 18.0 Å². The summed E-state index contributed by atoms with van der Waals surface area (Å²) < 4.78 is 43.0. The number of nitrogens with zero attached hydrogens (tertiary/aromatic N) is 7. The van der Waals surface area contributed by atoms with E-state index in [1.807, 2.05) is 0 Å². The van der Waals surface area contributed by atoms with Gasteiger partial charge in [0.2, 0.25) is 5.28 Å². The van der Waals surface area contributed by atoms with E-state index in [1.54, 1.807) is 41.3 Å². The number of fused-ring (bicyclic) bond motifs is 1. The van der Waals surface area contributed by atoms with Crippen molar-refractivity contribution in [3.8, 4) is 11.4 Å². The number of hydrogen-bond acceptors (Lipinski definition) is 5. The molecular weight excluding hydrogens is 463 g/mol. The van der Waals surface area contributed by atoms with Crippen molar-refractivity contribution in [2.45, 2.75) is 18.8 Å². The summed E-state index contributed by atoms with van der Waals surface area (Å²) in [6, 6.07) is 6.47. The minimum absolute atomic E-state index is 0.101. The molecule has 0 unspecified atom stereocenters. The van der Waals surface area contributed by atoms with Gasteiger partial charge in [0, 0.05) is 31.0 Å².